The number of amides is 2. The topological polar surface area (TPSA) is 67.4 Å². The van der Waals surface area contributed by atoms with Gasteiger partial charge in [0.05, 0.1) is 5.56 Å². The molecule has 5 nitrogen and oxygen atoms in total. The third kappa shape index (κ3) is 4.59. The first-order valence-electron chi connectivity index (χ1n) is 8.70. The van der Waals surface area contributed by atoms with Gasteiger partial charge < -0.3 is 4.74 Å². The highest BCUT2D eigenvalue weighted by Crippen LogP contribution is 2.24. The Labute approximate surface area is 151 Å². The number of nitrogens with one attached hydrogen (secondary N) is 2. The van der Waals surface area contributed by atoms with E-state index in [-0.39, 0.29) is 24.2 Å². The third-order valence-electron chi connectivity index (χ3n) is 4.46. The number of hydrogen-bond donors (Lipinski definition) is 2. The van der Waals surface area contributed by atoms with Crippen molar-refractivity contribution in [2.75, 3.05) is 0 Å². The maximum Gasteiger partial charge on any atom is 0.273 e. The highest BCUT2D eigenvalue weighted by Gasteiger charge is 2.23. The zero-order valence-electron chi connectivity index (χ0n) is 14.3. The molecule has 0 radical (unpaired) electrons. The van der Waals surface area contributed by atoms with Crippen molar-refractivity contribution in [1.29, 1.82) is 0 Å². The molecule has 2 aromatic rings. The first-order chi connectivity index (χ1) is 12.6. The second kappa shape index (κ2) is 8.47. The van der Waals surface area contributed by atoms with Gasteiger partial charge in [0.25, 0.3) is 5.91 Å². The van der Waals surface area contributed by atoms with E-state index in [0.717, 1.165) is 31.2 Å². The summed E-state index contributed by atoms with van der Waals surface area (Å²) in [5.74, 6) is -0.539. The molecule has 136 valence electrons. The normalized spacial score (nSPS) is 14.0. The zero-order chi connectivity index (χ0) is 18.4. The Bertz CT molecular complexity index is 771. The van der Waals surface area contributed by atoms with E-state index in [1.54, 1.807) is 36.4 Å². The van der Waals surface area contributed by atoms with Crippen LogP contribution < -0.4 is 15.6 Å². The Morgan fingerprint density at radius 2 is 1.69 bits per heavy atom. The smallest absolute Gasteiger partial charge is 0.273 e. The van der Waals surface area contributed by atoms with Crippen molar-refractivity contribution < 1.29 is 18.7 Å². The molecule has 1 saturated carbocycles. The quantitative estimate of drug-likeness (QED) is 0.808. The molecule has 1 fully saturated rings. The number of rotatable bonds is 5. The van der Waals surface area contributed by atoms with Crippen molar-refractivity contribution >= 4 is 11.8 Å². The van der Waals surface area contributed by atoms with Gasteiger partial charge in [0.15, 0.2) is 0 Å². The second-order valence-electron chi connectivity index (χ2n) is 6.34. The van der Waals surface area contributed by atoms with Crippen LogP contribution in [-0.4, -0.2) is 11.8 Å². The predicted octanol–water partition coefficient (Wildman–Crippen LogP) is 3.36. The molecule has 0 saturated heterocycles. The fraction of sp³-hybridized carbons (Fsp3) is 0.300. The number of hydrazine groups is 1. The first kappa shape index (κ1) is 17.9. The SMILES string of the molecule is O=C(NNC(=O)C1CCCC1)c1ccccc1OCc1ccc(F)cc1. The molecule has 2 amide bonds. The van der Waals surface area contributed by atoms with Crippen LogP contribution in [0.25, 0.3) is 0 Å². The molecule has 2 N–H and O–H groups in total. The Kier molecular flexibility index (Phi) is 5.84. The summed E-state index contributed by atoms with van der Waals surface area (Å²) in [5.41, 5.74) is 6.06. The minimum Gasteiger partial charge on any atom is -0.488 e. The summed E-state index contributed by atoms with van der Waals surface area (Å²) in [6.45, 7) is 0.207. The van der Waals surface area contributed by atoms with Crippen LogP contribution in [0, 0.1) is 11.7 Å². The lowest BCUT2D eigenvalue weighted by molar-refractivity contribution is -0.125. The van der Waals surface area contributed by atoms with Gasteiger partial charge in [-0.1, -0.05) is 37.1 Å². The van der Waals surface area contributed by atoms with Crippen LogP contribution in [0.2, 0.25) is 0 Å². The van der Waals surface area contributed by atoms with Gasteiger partial charge >= 0.3 is 0 Å². The van der Waals surface area contributed by atoms with E-state index in [9.17, 15) is 14.0 Å². The molecule has 0 bridgehead atoms. The molecule has 3 rings (SSSR count). The molecule has 2 aromatic carbocycles. The molecule has 26 heavy (non-hydrogen) atoms. The van der Waals surface area contributed by atoms with E-state index in [4.69, 9.17) is 4.74 Å². The maximum atomic E-state index is 13.0. The Morgan fingerprint density at radius 1 is 1.00 bits per heavy atom. The molecule has 0 heterocycles. The summed E-state index contributed by atoms with van der Waals surface area (Å²) in [6.07, 6.45) is 3.82. The standard InChI is InChI=1S/C20H21FN2O3/c21-16-11-9-14(10-12-16)13-26-18-8-4-3-7-17(18)20(25)23-22-19(24)15-5-1-2-6-15/h3-4,7-12,15H,1-2,5-6,13H2,(H,22,24)(H,23,25). The molecule has 0 aromatic heterocycles. The predicted molar refractivity (Wildman–Crippen MR) is 94.7 cm³/mol. The second-order valence-corrected chi connectivity index (χ2v) is 6.34. The van der Waals surface area contributed by atoms with Gasteiger partial charge in [-0.3, -0.25) is 20.4 Å². The van der Waals surface area contributed by atoms with Crippen LogP contribution in [-0.2, 0) is 11.4 Å². The van der Waals surface area contributed by atoms with Crippen LogP contribution in [0.4, 0.5) is 4.39 Å². The highest BCUT2D eigenvalue weighted by atomic mass is 19.1. The van der Waals surface area contributed by atoms with Crippen molar-refractivity contribution in [2.45, 2.75) is 32.3 Å². The van der Waals surface area contributed by atoms with Crippen molar-refractivity contribution in [3.8, 4) is 5.75 Å². The largest absolute Gasteiger partial charge is 0.488 e. The Morgan fingerprint density at radius 3 is 2.42 bits per heavy atom. The number of para-hydroxylation sites is 1. The van der Waals surface area contributed by atoms with Crippen molar-refractivity contribution in [3.05, 3.63) is 65.5 Å². The van der Waals surface area contributed by atoms with E-state index in [0.29, 0.717) is 11.3 Å². The van der Waals surface area contributed by atoms with Crippen LogP contribution in [0.3, 0.4) is 0 Å². The summed E-state index contributed by atoms with van der Waals surface area (Å²) in [7, 11) is 0. The van der Waals surface area contributed by atoms with Gasteiger partial charge in [0, 0.05) is 5.92 Å². The minimum absolute atomic E-state index is 0.0275. The zero-order valence-corrected chi connectivity index (χ0v) is 14.3. The van der Waals surface area contributed by atoms with Crippen LogP contribution in [0.1, 0.15) is 41.6 Å². The van der Waals surface area contributed by atoms with E-state index in [2.05, 4.69) is 10.9 Å². The number of benzene rings is 2. The summed E-state index contributed by atoms with van der Waals surface area (Å²) in [5, 5.41) is 0. The lowest BCUT2D eigenvalue weighted by Crippen LogP contribution is -2.44. The van der Waals surface area contributed by atoms with Crippen molar-refractivity contribution in [3.63, 3.8) is 0 Å². The van der Waals surface area contributed by atoms with Crippen molar-refractivity contribution in [2.24, 2.45) is 5.92 Å². The molecule has 6 heteroatoms. The monoisotopic (exact) mass is 356 g/mol. The molecule has 1 aliphatic rings. The van der Waals surface area contributed by atoms with Crippen LogP contribution >= 0.6 is 0 Å². The first-order valence-corrected chi connectivity index (χ1v) is 8.70. The number of carbonyl (C=O) groups excluding carboxylic acids is 2. The van der Waals surface area contributed by atoms with Crippen LogP contribution in [0.15, 0.2) is 48.5 Å². The number of hydrogen-bond acceptors (Lipinski definition) is 3. The molecular formula is C20H21FN2O3. The highest BCUT2D eigenvalue weighted by molar-refractivity contribution is 5.98. The van der Waals surface area contributed by atoms with Gasteiger partial charge in [0.2, 0.25) is 5.91 Å². The molecule has 0 aliphatic heterocycles. The van der Waals surface area contributed by atoms with E-state index in [1.165, 1.54) is 12.1 Å². The van der Waals surface area contributed by atoms with Gasteiger partial charge in [0.1, 0.15) is 18.2 Å². The average molecular weight is 356 g/mol. The van der Waals surface area contributed by atoms with E-state index in [1.807, 2.05) is 0 Å². The van der Waals surface area contributed by atoms with E-state index >= 15 is 0 Å². The Hall–Kier alpha value is -2.89. The minimum atomic E-state index is -0.439. The summed E-state index contributed by atoms with van der Waals surface area (Å²) in [4.78, 5) is 24.4. The molecule has 0 atom stereocenters. The average Bonchev–Trinajstić information content (AvgIpc) is 3.20. The number of ether oxygens (including phenoxy) is 1. The maximum absolute atomic E-state index is 13.0. The van der Waals surface area contributed by atoms with Gasteiger partial charge in [-0.25, -0.2) is 4.39 Å². The van der Waals surface area contributed by atoms with Gasteiger partial charge in [-0.2, -0.15) is 0 Å². The molecular weight excluding hydrogens is 335 g/mol. The summed E-state index contributed by atoms with van der Waals surface area (Å²) < 4.78 is 18.6. The fourth-order valence-corrected chi connectivity index (χ4v) is 3.00. The van der Waals surface area contributed by atoms with Crippen molar-refractivity contribution in [1.82, 2.24) is 10.9 Å². The Balaban J connectivity index is 1.59. The molecule has 0 unspecified atom stereocenters. The lowest BCUT2D eigenvalue weighted by atomic mass is 10.1. The molecule has 1 aliphatic carbocycles. The fourth-order valence-electron chi connectivity index (χ4n) is 3.00. The van der Waals surface area contributed by atoms with Crippen LogP contribution in [0.5, 0.6) is 5.75 Å². The summed E-state index contributed by atoms with van der Waals surface area (Å²) >= 11 is 0. The molecule has 0 spiro atoms. The number of halogens is 1. The van der Waals surface area contributed by atoms with Gasteiger partial charge in [-0.05, 0) is 42.7 Å². The number of carbonyl (C=O) groups is 2. The van der Waals surface area contributed by atoms with Gasteiger partial charge in [-0.15, -0.1) is 0 Å². The summed E-state index contributed by atoms with van der Waals surface area (Å²) in [6, 6.07) is 12.7. The lowest BCUT2D eigenvalue weighted by Gasteiger charge is -2.14. The third-order valence-corrected chi connectivity index (χ3v) is 4.46. The van der Waals surface area contributed by atoms with E-state index < -0.39 is 5.91 Å².